The van der Waals surface area contributed by atoms with E-state index in [-0.39, 0.29) is 5.41 Å². The molecule has 2 nitrogen and oxygen atoms in total. The molecule has 0 aliphatic rings. The van der Waals surface area contributed by atoms with Gasteiger partial charge in [-0.15, -0.1) is 0 Å². The Morgan fingerprint density at radius 1 is 1.05 bits per heavy atom. The van der Waals surface area contributed by atoms with Crippen LogP contribution >= 0.6 is 0 Å². The van der Waals surface area contributed by atoms with E-state index in [1.807, 2.05) is 0 Å². The fraction of sp³-hybridized carbons (Fsp3) is 0.800. The van der Waals surface area contributed by atoms with Crippen LogP contribution in [0.15, 0.2) is 11.5 Å². The highest BCUT2D eigenvalue weighted by atomic mass is 28.3. The molecule has 0 aromatic carbocycles. The normalized spacial score (nSPS) is 14.3. The molecular weight excluding hydrogens is 268 g/mol. The van der Waals surface area contributed by atoms with Crippen molar-refractivity contribution in [3.63, 3.8) is 0 Å². The van der Waals surface area contributed by atoms with E-state index in [1.165, 1.54) is 0 Å². The zero-order valence-corrected chi connectivity index (χ0v) is 16.0. The summed E-state index contributed by atoms with van der Waals surface area (Å²) in [5, 5.41) is 11.0. The van der Waals surface area contributed by atoms with E-state index in [0.29, 0.717) is 16.5 Å². The van der Waals surface area contributed by atoms with Crippen LogP contribution in [0.3, 0.4) is 0 Å². The van der Waals surface area contributed by atoms with Crippen LogP contribution in [0.4, 0.5) is 0 Å². The maximum Gasteiger partial charge on any atom is 0.140 e. The summed E-state index contributed by atoms with van der Waals surface area (Å²) in [5.41, 5.74) is 0.806. The molecule has 0 saturated carbocycles. The largest absolute Gasteiger partial charge is 0.517 e. The third kappa shape index (κ3) is 3.81. The number of hydrogen-bond acceptors (Lipinski definition) is 2. The molecule has 0 heterocycles. The molecule has 0 aromatic rings. The summed E-state index contributed by atoms with van der Waals surface area (Å²) < 4.78 is 0. The highest BCUT2D eigenvalue weighted by molar-refractivity contribution is 7.08. The monoisotopic (exact) mass is 300 g/mol. The summed E-state index contributed by atoms with van der Waals surface area (Å²) in [6.45, 7) is 17.1. The Morgan fingerprint density at radius 3 is 1.68 bits per heavy atom. The molecule has 0 aliphatic carbocycles. The number of hydrogen-bond donors (Lipinski definition) is 1. The van der Waals surface area contributed by atoms with Crippen LogP contribution < -0.4 is 0 Å². The lowest BCUT2D eigenvalue weighted by atomic mass is 10.5. The summed E-state index contributed by atoms with van der Waals surface area (Å²) >= 11 is 0. The molecule has 19 heavy (non-hydrogen) atoms. The number of carbonyl (C=O) groups is 1. The van der Waals surface area contributed by atoms with Crippen molar-refractivity contribution < 1.29 is 9.90 Å². The van der Waals surface area contributed by atoms with Crippen LogP contribution in [0.5, 0.6) is 0 Å². The smallest absolute Gasteiger partial charge is 0.140 e. The molecule has 1 N–H and O–H groups in total. The number of carbonyl (C=O) groups excluding carboxylic acids is 1. The summed E-state index contributed by atoms with van der Waals surface area (Å²) in [6.07, 6.45) is 1.60. The molecule has 0 unspecified atom stereocenters. The van der Waals surface area contributed by atoms with Crippen molar-refractivity contribution >= 4 is 21.6 Å². The van der Waals surface area contributed by atoms with Crippen LogP contribution in [0.2, 0.25) is 36.3 Å². The van der Waals surface area contributed by atoms with Crippen LogP contribution in [0.25, 0.3) is 0 Å². The second-order valence-corrected chi connectivity index (χ2v) is 17.2. The second kappa shape index (κ2) is 6.88. The molecule has 0 aromatic heterocycles. The van der Waals surface area contributed by atoms with E-state index in [1.54, 1.807) is 6.08 Å². The Bertz CT molecular complexity index is 334. The molecule has 0 radical (unpaired) electrons. The lowest BCUT2D eigenvalue weighted by Crippen LogP contribution is -2.46. The Balaban J connectivity index is 5.44. The predicted molar refractivity (Wildman–Crippen MR) is 90.1 cm³/mol. The highest BCUT2D eigenvalue weighted by Gasteiger charge is 2.42. The van der Waals surface area contributed by atoms with Crippen molar-refractivity contribution in [3.05, 3.63) is 11.5 Å². The summed E-state index contributed by atoms with van der Waals surface area (Å²) in [7, 11) is -3.82. The topological polar surface area (TPSA) is 37.3 Å². The van der Waals surface area contributed by atoms with Crippen molar-refractivity contribution in [1.82, 2.24) is 0 Å². The first kappa shape index (κ1) is 18.6. The molecule has 0 rings (SSSR count). The highest BCUT2D eigenvalue weighted by Crippen LogP contribution is 2.34. The van der Waals surface area contributed by atoms with Gasteiger partial charge in [0.15, 0.2) is 0 Å². The zero-order chi connectivity index (χ0) is 15.4. The molecule has 0 bridgehead atoms. The van der Waals surface area contributed by atoms with Gasteiger partial charge < -0.3 is 9.90 Å². The summed E-state index contributed by atoms with van der Waals surface area (Å²) in [6, 6.07) is 1.97. The van der Waals surface area contributed by atoms with Gasteiger partial charge in [0.25, 0.3) is 0 Å². The van der Waals surface area contributed by atoms with Gasteiger partial charge in [-0.2, -0.15) is 0 Å². The van der Waals surface area contributed by atoms with Gasteiger partial charge in [-0.3, -0.25) is 0 Å². The molecular formula is C15H32O2Si2. The van der Waals surface area contributed by atoms with Gasteiger partial charge in [-0.25, -0.2) is 0 Å². The third-order valence-corrected chi connectivity index (χ3v) is 15.9. The van der Waals surface area contributed by atoms with Gasteiger partial charge in [0.2, 0.25) is 0 Å². The van der Waals surface area contributed by atoms with Gasteiger partial charge in [0, 0.05) is 6.08 Å². The van der Waals surface area contributed by atoms with E-state index in [4.69, 9.17) is 0 Å². The number of aliphatic hydroxyl groups is 1. The summed E-state index contributed by atoms with van der Waals surface area (Å²) in [5.74, 6) is 0. The molecule has 112 valence electrons. The van der Waals surface area contributed by atoms with Gasteiger partial charge in [-0.05, 0) is 11.1 Å². The lowest BCUT2D eigenvalue weighted by molar-refractivity contribution is -0.109. The fourth-order valence-electron chi connectivity index (χ4n) is 2.30. The van der Waals surface area contributed by atoms with E-state index < -0.39 is 16.1 Å². The number of rotatable bonds is 7. The Labute approximate surface area is 121 Å². The lowest BCUT2D eigenvalue weighted by Gasteiger charge is -2.33. The Hall–Kier alpha value is -0.356. The molecule has 0 fully saturated rings. The second-order valence-electron chi connectivity index (χ2n) is 6.75. The van der Waals surface area contributed by atoms with Crippen LogP contribution in [-0.4, -0.2) is 26.7 Å². The minimum Gasteiger partial charge on any atom is -0.517 e. The van der Waals surface area contributed by atoms with Crippen molar-refractivity contribution in [2.45, 2.75) is 77.8 Å². The number of allylic oxidation sites excluding steroid dienone is 1. The van der Waals surface area contributed by atoms with Crippen molar-refractivity contribution in [2.75, 3.05) is 0 Å². The molecule has 0 saturated heterocycles. The predicted octanol–water partition coefficient (Wildman–Crippen LogP) is 5.09. The van der Waals surface area contributed by atoms with Crippen LogP contribution in [0, 0.1) is 0 Å². The van der Waals surface area contributed by atoms with Gasteiger partial charge >= 0.3 is 0 Å². The fourth-order valence-corrected chi connectivity index (χ4v) is 7.07. The quantitative estimate of drug-likeness (QED) is 0.404. The Kier molecular flexibility index (Phi) is 6.76. The van der Waals surface area contributed by atoms with E-state index >= 15 is 0 Å². The first-order valence-electron chi connectivity index (χ1n) is 7.51. The maximum atomic E-state index is 12.7. The van der Waals surface area contributed by atoms with E-state index in [2.05, 4.69) is 54.6 Å². The average Bonchev–Trinajstić information content (AvgIpc) is 2.35. The van der Waals surface area contributed by atoms with Gasteiger partial charge in [0.1, 0.15) is 21.6 Å². The van der Waals surface area contributed by atoms with Crippen molar-refractivity contribution in [1.29, 1.82) is 0 Å². The van der Waals surface area contributed by atoms with Crippen LogP contribution in [0.1, 0.15) is 41.5 Å². The molecule has 0 atom stereocenters. The standard InChI is InChI=1S/C15H32O2Si2/c1-9-18(7,10-2)14(16)11-15(17)19(8,12(3)4)13(5)6/h11-13,16H,9-10H2,1-8H3. The summed E-state index contributed by atoms with van der Waals surface area (Å²) in [4.78, 5) is 12.7. The van der Waals surface area contributed by atoms with Crippen molar-refractivity contribution in [3.8, 4) is 0 Å². The molecule has 0 amide bonds. The minimum absolute atomic E-state index is 0.218. The van der Waals surface area contributed by atoms with E-state index in [0.717, 1.165) is 12.1 Å². The van der Waals surface area contributed by atoms with E-state index in [9.17, 15) is 9.90 Å². The number of aliphatic hydroxyl groups excluding tert-OH is 1. The molecule has 0 aliphatic heterocycles. The molecule has 4 heteroatoms. The SMILES string of the molecule is CC[Si](C)(CC)C(O)=CC(=O)[Si](C)(C(C)C)C(C)C. The minimum atomic E-state index is -2.03. The average molecular weight is 301 g/mol. The first-order chi connectivity index (χ1) is 8.56. The third-order valence-electron chi connectivity index (χ3n) is 5.38. The first-order valence-corrected chi connectivity index (χ1v) is 13.1. The van der Waals surface area contributed by atoms with Crippen molar-refractivity contribution in [2.24, 2.45) is 0 Å². The zero-order valence-electron chi connectivity index (χ0n) is 14.0. The maximum absolute atomic E-state index is 12.7. The van der Waals surface area contributed by atoms with Gasteiger partial charge in [-0.1, -0.05) is 66.7 Å². The Morgan fingerprint density at radius 2 is 1.42 bits per heavy atom. The van der Waals surface area contributed by atoms with Gasteiger partial charge in [0.05, 0.1) is 5.38 Å². The van der Waals surface area contributed by atoms with Crippen LogP contribution in [-0.2, 0) is 4.79 Å². The molecule has 0 spiro atoms.